The molecule has 1 atom stereocenters. The number of likely N-dealkylation sites (N-methyl/N-ethyl adjacent to an activating group) is 1. The number of anilines is 1. The average Bonchev–Trinajstić information content (AvgIpc) is 2.68. The van der Waals surface area contributed by atoms with Gasteiger partial charge in [0.15, 0.2) is 0 Å². The zero-order valence-electron chi connectivity index (χ0n) is 16.4. The van der Waals surface area contributed by atoms with Crippen LogP contribution in [0.25, 0.3) is 0 Å². The summed E-state index contributed by atoms with van der Waals surface area (Å²) in [6, 6.07) is 17.1. The molecule has 0 aliphatic carbocycles. The van der Waals surface area contributed by atoms with Crippen LogP contribution in [0.5, 0.6) is 0 Å². The molecular weight excluding hydrogens is 338 g/mol. The van der Waals surface area contributed by atoms with Crippen LogP contribution < -0.4 is 10.6 Å². The second-order valence-corrected chi connectivity index (χ2v) is 6.55. The standard InChI is InChI=1S/C22H29N3O2/c1-4-25(5-2)22(27)20(15-18-9-7-6-8-10-18)23-16-21(26)24-19-13-11-17(3)12-14-19/h6-14,20,23H,4-5,15-16H2,1-3H3,(H,24,26). The van der Waals surface area contributed by atoms with Crippen molar-refractivity contribution in [2.45, 2.75) is 33.2 Å². The van der Waals surface area contributed by atoms with Crippen molar-refractivity contribution >= 4 is 17.5 Å². The molecule has 2 aromatic carbocycles. The van der Waals surface area contributed by atoms with Gasteiger partial charge in [-0.05, 0) is 44.9 Å². The van der Waals surface area contributed by atoms with Crippen LogP contribution in [0, 0.1) is 6.92 Å². The Morgan fingerprint density at radius 2 is 1.59 bits per heavy atom. The Kier molecular flexibility index (Phi) is 8.01. The third-order valence-electron chi connectivity index (χ3n) is 4.50. The second kappa shape index (κ2) is 10.5. The fourth-order valence-electron chi connectivity index (χ4n) is 2.91. The third-order valence-corrected chi connectivity index (χ3v) is 4.50. The molecule has 1 unspecified atom stereocenters. The first kappa shape index (κ1) is 20.6. The highest BCUT2D eigenvalue weighted by Crippen LogP contribution is 2.09. The lowest BCUT2D eigenvalue weighted by Crippen LogP contribution is -2.49. The first-order valence-corrected chi connectivity index (χ1v) is 9.46. The molecular formula is C22H29N3O2. The smallest absolute Gasteiger partial charge is 0.240 e. The molecule has 0 bridgehead atoms. The fourth-order valence-corrected chi connectivity index (χ4v) is 2.91. The maximum absolute atomic E-state index is 12.8. The Bertz CT molecular complexity index is 725. The lowest BCUT2D eigenvalue weighted by Gasteiger charge is -2.26. The molecule has 27 heavy (non-hydrogen) atoms. The molecule has 2 rings (SSSR count). The summed E-state index contributed by atoms with van der Waals surface area (Å²) in [7, 11) is 0. The second-order valence-electron chi connectivity index (χ2n) is 6.55. The summed E-state index contributed by atoms with van der Waals surface area (Å²) in [6.45, 7) is 7.31. The number of rotatable bonds is 9. The molecule has 0 fully saturated rings. The van der Waals surface area contributed by atoms with E-state index in [1.165, 1.54) is 0 Å². The van der Waals surface area contributed by atoms with Gasteiger partial charge in [-0.2, -0.15) is 0 Å². The average molecular weight is 367 g/mol. The molecule has 0 aliphatic heterocycles. The molecule has 0 heterocycles. The van der Waals surface area contributed by atoms with E-state index in [4.69, 9.17) is 0 Å². The summed E-state index contributed by atoms with van der Waals surface area (Å²) < 4.78 is 0. The van der Waals surface area contributed by atoms with Crippen LogP contribution in [0.2, 0.25) is 0 Å². The minimum atomic E-state index is -0.434. The van der Waals surface area contributed by atoms with Gasteiger partial charge in [0, 0.05) is 18.8 Å². The van der Waals surface area contributed by atoms with Crippen molar-refractivity contribution in [3.63, 3.8) is 0 Å². The van der Waals surface area contributed by atoms with Gasteiger partial charge in [-0.3, -0.25) is 14.9 Å². The van der Waals surface area contributed by atoms with Gasteiger partial charge in [0.05, 0.1) is 12.6 Å². The van der Waals surface area contributed by atoms with E-state index in [9.17, 15) is 9.59 Å². The summed E-state index contributed by atoms with van der Waals surface area (Å²) in [5, 5.41) is 6.00. The van der Waals surface area contributed by atoms with Crippen molar-refractivity contribution in [1.29, 1.82) is 0 Å². The molecule has 0 radical (unpaired) electrons. The Morgan fingerprint density at radius 1 is 0.963 bits per heavy atom. The van der Waals surface area contributed by atoms with Gasteiger partial charge >= 0.3 is 0 Å². The zero-order chi connectivity index (χ0) is 19.6. The molecule has 0 aromatic heterocycles. The van der Waals surface area contributed by atoms with Gasteiger partial charge in [0.2, 0.25) is 11.8 Å². The molecule has 0 saturated heterocycles. The van der Waals surface area contributed by atoms with E-state index in [0.29, 0.717) is 19.5 Å². The highest BCUT2D eigenvalue weighted by Gasteiger charge is 2.23. The van der Waals surface area contributed by atoms with Crippen LogP contribution >= 0.6 is 0 Å². The van der Waals surface area contributed by atoms with E-state index in [-0.39, 0.29) is 18.4 Å². The van der Waals surface area contributed by atoms with Crippen molar-refractivity contribution < 1.29 is 9.59 Å². The zero-order valence-corrected chi connectivity index (χ0v) is 16.4. The van der Waals surface area contributed by atoms with Crippen molar-refractivity contribution in [3.05, 3.63) is 65.7 Å². The maximum Gasteiger partial charge on any atom is 0.240 e. The van der Waals surface area contributed by atoms with Crippen molar-refractivity contribution in [3.8, 4) is 0 Å². The predicted molar refractivity (Wildman–Crippen MR) is 110 cm³/mol. The van der Waals surface area contributed by atoms with E-state index in [1.54, 1.807) is 4.90 Å². The third kappa shape index (κ3) is 6.53. The Hall–Kier alpha value is -2.66. The van der Waals surface area contributed by atoms with Crippen LogP contribution in [-0.2, 0) is 16.0 Å². The minimum absolute atomic E-state index is 0.0204. The maximum atomic E-state index is 12.8. The molecule has 2 amide bonds. The number of nitrogens with one attached hydrogen (secondary N) is 2. The van der Waals surface area contributed by atoms with Crippen molar-refractivity contribution in [2.75, 3.05) is 25.0 Å². The molecule has 5 heteroatoms. The van der Waals surface area contributed by atoms with E-state index in [1.807, 2.05) is 75.4 Å². The van der Waals surface area contributed by atoms with Crippen molar-refractivity contribution in [2.24, 2.45) is 0 Å². The monoisotopic (exact) mass is 367 g/mol. The molecule has 2 N–H and O–H groups in total. The molecule has 0 aliphatic rings. The van der Waals surface area contributed by atoms with Gasteiger partial charge in [-0.25, -0.2) is 0 Å². The molecule has 0 saturated carbocycles. The van der Waals surface area contributed by atoms with E-state index < -0.39 is 6.04 Å². The predicted octanol–water partition coefficient (Wildman–Crippen LogP) is 3.00. The normalized spacial score (nSPS) is 11.7. The number of nitrogens with zero attached hydrogens (tertiary/aromatic N) is 1. The van der Waals surface area contributed by atoms with Gasteiger partial charge in [-0.1, -0.05) is 48.0 Å². The van der Waals surface area contributed by atoms with Crippen molar-refractivity contribution in [1.82, 2.24) is 10.2 Å². The molecule has 144 valence electrons. The largest absolute Gasteiger partial charge is 0.342 e. The van der Waals surface area contributed by atoms with Gasteiger partial charge in [0.25, 0.3) is 0 Å². The first-order chi connectivity index (χ1) is 13.0. The number of aryl methyl sites for hydroxylation is 1. The first-order valence-electron chi connectivity index (χ1n) is 9.46. The summed E-state index contributed by atoms with van der Waals surface area (Å²) in [5.74, 6) is -0.142. The number of carbonyl (C=O) groups excluding carboxylic acids is 2. The quantitative estimate of drug-likeness (QED) is 0.716. The van der Waals surface area contributed by atoms with Gasteiger partial charge in [0.1, 0.15) is 0 Å². The molecule has 2 aromatic rings. The number of benzene rings is 2. The fraction of sp³-hybridized carbons (Fsp3) is 0.364. The van der Waals surface area contributed by atoms with Crippen LogP contribution in [0.15, 0.2) is 54.6 Å². The summed E-state index contributed by atoms with van der Waals surface area (Å²) in [4.78, 5) is 26.9. The number of amides is 2. The Balaban J connectivity index is 2.00. The Morgan fingerprint density at radius 3 is 2.19 bits per heavy atom. The summed E-state index contributed by atoms with van der Waals surface area (Å²) in [6.07, 6.45) is 0.550. The highest BCUT2D eigenvalue weighted by atomic mass is 16.2. The van der Waals surface area contributed by atoms with Crippen LogP contribution in [0.1, 0.15) is 25.0 Å². The summed E-state index contributed by atoms with van der Waals surface area (Å²) in [5.41, 5.74) is 2.95. The van der Waals surface area contributed by atoms with E-state index in [2.05, 4.69) is 10.6 Å². The lowest BCUT2D eigenvalue weighted by atomic mass is 10.0. The van der Waals surface area contributed by atoms with Crippen LogP contribution in [0.3, 0.4) is 0 Å². The number of hydrogen-bond donors (Lipinski definition) is 2. The number of carbonyl (C=O) groups is 2. The summed E-state index contributed by atoms with van der Waals surface area (Å²) >= 11 is 0. The van der Waals surface area contributed by atoms with Crippen LogP contribution in [-0.4, -0.2) is 42.4 Å². The van der Waals surface area contributed by atoms with E-state index in [0.717, 1.165) is 16.8 Å². The van der Waals surface area contributed by atoms with Crippen LogP contribution in [0.4, 0.5) is 5.69 Å². The Labute approximate surface area is 161 Å². The SMILES string of the molecule is CCN(CC)C(=O)C(Cc1ccccc1)NCC(=O)Nc1ccc(C)cc1. The minimum Gasteiger partial charge on any atom is -0.342 e. The lowest BCUT2D eigenvalue weighted by molar-refractivity contribution is -0.133. The topological polar surface area (TPSA) is 61.4 Å². The number of hydrogen-bond acceptors (Lipinski definition) is 3. The molecule has 5 nitrogen and oxygen atoms in total. The highest BCUT2D eigenvalue weighted by molar-refractivity contribution is 5.93. The van der Waals surface area contributed by atoms with Gasteiger partial charge < -0.3 is 10.2 Å². The molecule has 0 spiro atoms. The van der Waals surface area contributed by atoms with Gasteiger partial charge in [-0.15, -0.1) is 0 Å². The van der Waals surface area contributed by atoms with E-state index >= 15 is 0 Å².